The van der Waals surface area contributed by atoms with Crippen molar-refractivity contribution in [3.8, 4) is 0 Å². The summed E-state index contributed by atoms with van der Waals surface area (Å²) in [6.07, 6.45) is 3.64. The molecule has 6 nitrogen and oxygen atoms in total. The Bertz CT molecular complexity index is 951. The monoisotopic (exact) mass is 330 g/mol. The lowest BCUT2D eigenvalue weighted by atomic mass is 10.2. The molecule has 0 unspecified atom stereocenters. The molecule has 1 amide bonds. The van der Waals surface area contributed by atoms with Crippen LogP contribution in [0.25, 0.3) is 4.96 Å². The zero-order chi connectivity index (χ0) is 16.7. The number of hydrogen-bond acceptors (Lipinski definition) is 4. The van der Waals surface area contributed by atoms with Gasteiger partial charge < -0.3 is 9.47 Å². The van der Waals surface area contributed by atoms with E-state index in [0.29, 0.717) is 12.1 Å². The van der Waals surface area contributed by atoms with Gasteiger partial charge in [-0.15, -0.1) is 11.3 Å². The lowest BCUT2D eigenvalue weighted by molar-refractivity contribution is 0.0782. The van der Waals surface area contributed by atoms with Gasteiger partial charge in [0.2, 0.25) is 0 Å². The maximum Gasteiger partial charge on any atom is 0.254 e. The largest absolute Gasteiger partial charge is 0.336 e. The summed E-state index contributed by atoms with van der Waals surface area (Å²) in [5.41, 5.74) is 2.11. The Kier molecular flexibility index (Phi) is 3.81. The van der Waals surface area contributed by atoms with Gasteiger partial charge in [0.25, 0.3) is 11.5 Å². The molecule has 120 valence electrons. The van der Waals surface area contributed by atoms with E-state index in [0.717, 1.165) is 16.3 Å². The van der Waals surface area contributed by atoms with Crippen molar-refractivity contribution in [3.05, 3.63) is 56.7 Å². The summed E-state index contributed by atoms with van der Waals surface area (Å²) in [6, 6.07) is 3.03. The van der Waals surface area contributed by atoms with Gasteiger partial charge in [-0.05, 0) is 19.9 Å². The first-order valence-electron chi connectivity index (χ1n) is 7.23. The molecule has 23 heavy (non-hydrogen) atoms. The number of aromatic nitrogens is 3. The number of fused-ring (bicyclic) bond motifs is 1. The van der Waals surface area contributed by atoms with Crippen molar-refractivity contribution in [2.75, 3.05) is 7.05 Å². The highest BCUT2D eigenvalue weighted by atomic mass is 32.1. The summed E-state index contributed by atoms with van der Waals surface area (Å²) in [7, 11) is 3.39. The number of carbonyl (C=O) groups excluding carboxylic acids is 1. The lowest BCUT2D eigenvalue weighted by Gasteiger charge is -2.17. The normalized spacial score (nSPS) is 11.1. The van der Waals surface area contributed by atoms with Crippen LogP contribution in [0.5, 0.6) is 0 Å². The minimum absolute atomic E-state index is 0.177. The minimum atomic E-state index is -0.194. The predicted octanol–water partition coefficient (Wildman–Crippen LogP) is 1.98. The smallest absolute Gasteiger partial charge is 0.254 e. The van der Waals surface area contributed by atoms with Gasteiger partial charge in [0.05, 0.1) is 17.9 Å². The van der Waals surface area contributed by atoms with Gasteiger partial charge in [-0.25, -0.2) is 4.98 Å². The van der Waals surface area contributed by atoms with Crippen molar-refractivity contribution in [2.24, 2.45) is 7.05 Å². The van der Waals surface area contributed by atoms with Gasteiger partial charge in [0, 0.05) is 43.0 Å². The molecule has 3 rings (SSSR count). The number of thiazole rings is 1. The third kappa shape index (κ3) is 2.79. The first-order valence-corrected chi connectivity index (χ1v) is 8.04. The van der Waals surface area contributed by atoms with Crippen molar-refractivity contribution in [2.45, 2.75) is 20.4 Å². The van der Waals surface area contributed by atoms with Gasteiger partial charge >= 0.3 is 0 Å². The molecule has 0 N–H and O–H groups in total. The van der Waals surface area contributed by atoms with Gasteiger partial charge in [0.15, 0.2) is 4.96 Å². The summed E-state index contributed by atoms with van der Waals surface area (Å²) in [4.78, 5) is 32.5. The molecule has 3 aromatic rings. The quantitative estimate of drug-likeness (QED) is 0.738. The van der Waals surface area contributed by atoms with Crippen molar-refractivity contribution in [1.82, 2.24) is 18.9 Å². The fourth-order valence-electron chi connectivity index (χ4n) is 2.50. The van der Waals surface area contributed by atoms with E-state index in [9.17, 15) is 9.59 Å². The Balaban J connectivity index is 1.89. The zero-order valence-corrected chi connectivity index (χ0v) is 14.3. The van der Waals surface area contributed by atoms with Gasteiger partial charge in [-0.1, -0.05) is 0 Å². The predicted molar refractivity (Wildman–Crippen MR) is 90.0 cm³/mol. The second kappa shape index (κ2) is 5.66. The maximum absolute atomic E-state index is 12.5. The van der Waals surface area contributed by atoms with Crippen LogP contribution < -0.4 is 5.56 Å². The van der Waals surface area contributed by atoms with E-state index in [1.165, 1.54) is 15.5 Å². The van der Waals surface area contributed by atoms with E-state index in [4.69, 9.17) is 0 Å². The molecule has 0 aliphatic carbocycles. The van der Waals surface area contributed by atoms with E-state index in [1.54, 1.807) is 42.6 Å². The Morgan fingerprint density at radius 1 is 1.39 bits per heavy atom. The SMILES string of the molecule is Cc1cn2c(CN(C)C(=O)c3ccn(C)c(=O)c3)c(C)nc2s1. The molecule has 0 aromatic carbocycles. The number of imidazole rings is 1. The molecule has 0 saturated heterocycles. The first-order chi connectivity index (χ1) is 10.9. The topological polar surface area (TPSA) is 59.6 Å². The van der Waals surface area contributed by atoms with Crippen LogP contribution in [0.1, 0.15) is 26.6 Å². The molecule has 7 heteroatoms. The van der Waals surface area contributed by atoms with Gasteiger partial charge in [-0.3, -0.25) is 14.0 Å². The molecular formula is C16H18N4O2S. The van der Waals surface area contributed by atoms with E-state index in [1.807, 2.05) is 24.4 Å². The van der Waals surface area contributed by atoms with Crippen LogP contribution in [-0.4, -0.2) is 31.8 Å². The Labute approximate surface area is 137 Å². The summed E-state index contributed by atoms with van der Waals surface area (Å²) in [5.74, 6) is -0.177. The molecule has 3 heterocycles. The van der Waals surface area contributed by atoms with Crippen molar-refractivity contribution in [1.29, 1.82) is 0 Å². The second-order valence-corrected chi connectivity index (χ2v) is 6.88. The summed E-state index contributed by atoms with van der Waals surface area (Å²) >= 11 is 1.63. The molecule has 0 radical (unpaired) electrons. The molecule has 0 saturated carbocycles. The molecule has 0 aliphatic heterocycles. The Hall–Kier alpha value is -2.41. The number of carbonyl (C=O) groups is 1. The molecule has 0 bridgehead atoms. The van der Waals surface area contributed by atoms with E-state index < -0.39 is 0 Å². The Morgan fingerprint density at radius 2 is 2.13 bits per heavy atom. The highest BCUT2D eigenvalue weighted by Gasteiger charge is 2.17. The van der Waals surface area contributed by atoms with Crippen molar-refractivity contribution < 1.29 is 4.79 Å². The van der Waals surface area contributed by atoms with Gasteiger partial charge in [0.1, 0.15) is 0 Å². The number of hydrogen-bond donors (Lipinski definition) is 0. The standard InChI is InChI=1S/C16H18N4O2S/c1-10-8-20-13(11(2)17-16(20)23-10)9-19(4)15(22)12-5-6-18(3)14(21)7-12/h5-8H,9H2,1-4H3. The molecule has 0 aliphatic rings. The van der Waals surface area contributed by atoms with Crippen molar-refractivity contribution >= 4 is 22.2 Å². The zero-order valence-electron chi connectivity index (χ0n) is 13.5. The van der Waals surface area contributed by atoms with Crippen LogP contribution in [0, 0.1) is 13.8 Å². The Morgan fingerprint density at radius 3 is 2.83 bits per heavy atom. The minimum Gasteiger partial charge on any atom is -0.336 e. The highest BCUT2D eigenvalue weighted by Crippen LogP contribution is 2.21. The third-order valence-electron chi connectivity index (χ3n) is 3.83. The molecule has 3 aromatic heterocycles. The van der Waals surface area contributed by atoms with E-state index >= 15 is 0 Å². The average molecular weight is 330 g/mol. The number of rotatable bonds is 3. The first kappa shape index (κ1) is 15.5. The van der Waals surface area contributed by atoms with Crippen LogP contribution in [0.15, 0.2) is 29.3 Å². The molecule has 0 spiro atoms. The van der Waals surface area contributed by atoms with Crippen LogP contribution >= 0.6 is 11.3 Å². The summed E-state index contributed by atoms with van der Waals surface area (Å²) < 4.78 is 3.47. The fourth-order valence-corrected chi connectivity index (χ4v) is 3.39. The van der Waals surface area contributed by atoms with Crippen LogP contribution in [0.4, 0.5) is 0 Å². The van der Waals surface area contributed by atoms with E-state index in [-0.39, 0.29) is 11.5 Å². The van der Waals surface area contributed by atoms with E-state index in [2.05, 4.69) is 4.98 Å². The summed E-state index contributed by atoms with van der Waals surface area (Å²) in [5, 5.41) is 0. The maximum atomic E-state index is 12.5. The molecular weight excluding hydrogens is 312 g/mol. The number of pyridine rings is 1. The highest BCUT2D eigenvalue weighted by molar-refractivity contribution is 7.17. The second-order valence-electron chi connectivity index (χ2n) is 5.66. The number of amides is 1. The average Bonchev–Trinajstić information content (AvgIpc) is 2.98. The lowest BCUT2D eigenvalue weighted by Crippen LogP contribution is -2.28. The van der Waals surface area contributed by atoms with Crippen LogP contribution in [0.2, 0.25) is 0 Å². The molecule has 0 fully saturated rings. The molecule has 0 atom stereocenters. The number of nitrogens with zero attached hydrogens (tertiary/aromatic N) is 4. The van der Waals surface area contributed by atoms with Gasteiger partial charge in [-0.2, -0.15) is 0 Å². The van der Waals surface area contributed by atoms with Crippen molar-refractivity contribution in [3.63, 3.8) is 0 Å². The summed E-state index contributed by atoms with van der Waals surface area (Å²) in [6.45, 7) is 4.42. The van der Waals surface area contributed by atoms with Crippen LogP contribution in [0.3, 0.4) is 0 Å². The fraction of sp³-hybridized carbons (Fsp3) is 0.312. The van der Waals surface area contributed by atoms with Crippen LogP contribution in [-0.2, 0) is 13.6 Å². The number of aryl methyl sites for hydroxylation is 3. The third-order valence-corrected chi connectivity index (χ3v) is 4.72.